The number of amides is 6. The van der Waals surface area contributed by atoms with Crippen LogP contribution in [0.25, 0.3) is 0 Å². The molecule has 0 saturated heterocycles. The normalized spacial score (nSPS) is 24.6. The number of nitrogens with one attached hydrogen (secondary N) is 2. The van der Waals surface area contributed by atoms with Gasteiger partial charge in [0.1, 0.15) is 13.2 Å². The highest BCUT2D eigenvalue weighted by Crippen LogP contribution is 2.48. The fourth-order valence-electron chi connectivity index (χ4n) is 5.51. The molecule has 202 valence electrons. The van der Waals surface area contributed by atoms with Crippen molar-refractivity contribution in [1.82, 2.24) is 20.4 Å². The summed E-state index contributed by atoms with van der Waals surface area (Å²) in [6.07, 6.45) is 5.94. The van der Waals surface area contributed by atoms with Gasteiger partial charge in [0, 0.05) is 37.4 Å². The molecule has 0 aromatic rings. The fraction of sp³-hybridized carbons (Fsp3) is 0.600. The molecule has 2 heterocycles. The Labute approximate surface area is 215 Å². The summed E-state index contributed by atoms with van der Waals surface area (Å²) in [6.45, 7) is 6.91. The van der Waals surface area contributed by atoms with E-state index >= 15 is 0 Å². The third kappa shape index (κ3) is 7.89. The molecule has 1 fully saturated rings. The van der Waals surface area contributed by atoms with Gasteiger partial charge in [-0.3, -0.25) is 29.0 Å². The molecule has 0 bridgehead atoms. The molecule has 3 rings (SSSR count). The minimum atomic E-state index is -0.625. The fourth-order valence-corrected chi connectivity index (χ4v) is 5.51. The lowest BCUT2D eigenvalue weighted by Crippen LogP contribution is -2.46. The summed E-state index contributed by atoms with van der Waals surface area (Å²) in [5, 5.41) is 5.54. The number of carbonyl (C=O) groups is 6. The van der Waals surface area contributed by atoms with Crippen molar-refractivity contribution in [3.05, 3.63) is 24.3 Å². The van der Waals surface area contributed by atoms with Crippen LogP contribution < -0.4 is 10.6 Å². The first-order chi connectivity index (χ1) is 17.4. The van der Waals surface area contributed by atoms with Gasteiger partial charge in [0.15, 0.2) is 0 Å². The zero-order chi connectivity index (χ0) is 27.2. The van der Waals surface area contributed by atoms with Crippen LogP contribution in [-0.2, 0) is 28.7 Å². The largest absolute Gasteiger partial charge is 0.448 e. The number of carbonyl (C=O) groups excluding carboxylic acids is 6. The lowest BCUT2D eigenvalue weighted by Gasteiger charge is -2.46. The van der Waals surface area contributed by atoms with Crippen molar-refractivity contribution in [3.63, 3.8) is 0 Å². The van der Waals surface area contributed by atoms with E-state index in [1.54, 1.807) is 0 Å². The van der Waals surface area contributed by atoms with E-state index in [1.807, 2.05) is 0 Å². The van der Waals surface area contributed by atoms with Crippen molar-refractivity contribution in [1.29, 1.82) is 0 Å². The van der Waals surface area contributed by atoms with E-state index in [9.17, 15) is 28.8 Å². The minimum Gasteiger partial charge on any atom is -0.448 e. The van der Waals surface area contributed by atoms with Crippen LogP contribution in [0.2, 0.25) is 0 Å². The number of imide groups is 2. The van der Waals surface area contributed by atoms with Gasteiger partial charge >= 0.3 is 12.2 Å². The predicted octanol–water partition coefficient (Wildman–Crippen LogP) is 1.12. The van der Waals surface area contributed by atoms with Crippen LogP contribution in [0.15, 0.2) is 24.3 Å². The van der Waals surface area contributed by atoms with E-state index in [4.69, 9.17) is 9.47 Å². The zero-order valence-corrected chi connectivity index (χ0v) is 21.4. The first kappa shape index (κ1) is 27.9. The van der Waals surface area contributed by atoms with Crippen LogP contribution >= 0.6 is 0 Å². The molecule has 3 aliphatic rings. The van der Waals surface area contributed by atoms with Gasteiger partial charge in [-0.2, -0.15) is 0 Å². The number of hydrogen-bond donors (Lipinski definition) is 2. The Bertz CT molecular complexity index is 984. The number of ether oxygens (including phenoxy) is 2. The third-order valence-electron chi connectivity index (χ3n) is 6.62. The van der Waals surface area contributed by atoms with Crippen LogP contribution in [0.5, 0.6) is 0 Å². The second-order valence-corrected chi connectivity index (χ2v) is 10.8. The van der Waals surface area contributed by atoms with E-state index in [1.165, 1.54) is 24.3 Å². The molecule has 2 N–H and O–H groups in total. The number of nitrogens with zero attached hydrogens (tertiary/aromatic N) is 2. The van der Waals surface area contributed by atoms with Gasteiger partial charge in [0.05, 0.1) is 13.1 Å². The Balaban J connectivity index is 1.38. The molecular weight excluding hydrogens is 484 g/mol. The number of hydrogen-bond acceptors (Lipinski definition) is 8. The van der Waals surface area contributed by atoms with Crippen LogP contribution in [0, 0.1) is 16.7 Å². The highest BCUT2D eigenvalue weighted by molar-refractivity contribution is 6.13. The molecule has 0 spiro atoms. The molecule has 2 aliphatic heterocycles. The first-order valence-electron chi connectivity index (χ1n) is 12.3. The highest BCUT2D eigenvalue weighted by atomic mass is 16.6. The Morgan fingerprint density at radius 2 is 1.27 bits per heavy atom. The molecular formula is C25H34N4O8. The molecule has 0 radical (unpaired) electrons. The molecule has 0 aromatic heterocycles. The van der Waals surface area contributed by atoms with Gasteiger partial charge in [-0.25, -0.2) is 9.59 Å². The Kier molecular flexibility index (Phi) is 8.72. The lowest BCUT2D eigenvalue weighted by atomic mass is 9.60. The van der Waals surface area contributed by atoms with Crippen LogP contribution in [0.3, 0.4) is 0 Å². The van der Waals surface area contributed by atoms with E-state index in [0.29, 0.717) is 13.1 Å². The van der Waals surface area contributed by atoms with Gasteiger partial charge < -0.3 is 20.1 Å². The van der Waals surface area contributed by atoms with Crippen LogP contribution in [0.4, 0.5) is 9.59 Å². The van der Waals surface area contributed by atoms with Gasteiger partial charge in [-0.15, -0.1) is 0 Å². The Hall–Kier alpha value is -3.70. The third-order valence-corrected chi connectivity index (χ3v) is 6.62. The smallest absolute Gasteiger partial charge is 0.407 e. The summed E-state index contributed by atoms with van der Waals surface area (Å²) in [4.78, 5) is 72.5. The summed E-state index contributed by atoms with van der Waals surface area (Å²) in [5.41, 5.74) is -0.271. The summed E-state index contributed by atoms with van der Waals surface area (Å²) >= 11 is 0. The van der Waals surface area contributed by atoms with Gasteiger partial charge in [0.25, 0.3) is 23.6 Å². The standard InChI is InChI=1S/C25H34N4O8/c1-24(2)12-17(14-26-22(34)36-10-8-28-18(30)4-5-19(28)31)13-25(3,15-24)16-27-23(35)37-11-9-29-20(32)6-7-21(29)33/h4-7,17H,8-16H2,1-3H3,(H,26,34)(H,27,35). The molecule has 12 heteroatoms. The first-order valence-corrected chi connectivity index (χ1v) is 12.3. The van der Waals surface area contributed by atoms with Crippen LogP contribution in [0.1, 0.15) is 40.0 Å². The van der Waals surface area contributed by atoms with Crippen molar-refractivity contribution in [2.75, 3.05) is 39.4 Å². The van der Waals surface area contributed by atoms with Crippen molar-refractivity contribution >= 4 is 35.8 Å². The summed E-state index contributed by atoms with van der Waals surface area (Å²) in [7, 11) is 0. The summed E-state index contributed by atoms with van der Waals surface area (Å²) < 4.78 is 10.3. The maximum Gasteiger partial charge on any atom is 0.407 e. The second kappa shape index (κ2) is 11.6. The molecule has 37 heavy (non-hydrogen) atoms. The van der Waals surface area contributed by atoms with Crippen molar-refractivity contribution < 1.29 is 38.2 Å². The summed E-state index contributed by atoms with van der Waals surface area (Å²) in [5.74, 6) is -1.56. The molecule has 6 amide bonds. The maximum atomic E-state index is 12.2. The monoisotopic (exact) mass is 518 g/mol. The van der Waals surface area contributed by atoms with E-state index in [2.05, 4.69) is 31.4 Å². The highest BCUT2D eigenvalue weighted by Gasteiger charge is 2.41. The van der Waals surface area contributed by atoms with Crippen LogP contribution in [-0.4, -0.2) is 85.0 Å². The van der Waals surface area contributed by atoms with Gasteiger partial charge in [0.2, 0.25) is 0 Å². The molecule has 2 unspecified atom stereocenters. The number of rotatable bonds is 10. The van der Waals surface area contributed by atoms with Gasteiger partial charge in [-0.05, 0) is 36.0 Å². The molecule has 2 atom stereocenters. The SMILES string of the molecule is CC1(C)CC(CNC(=O)OCCN2C(=O)C=CC2=O)CC(C)(CNC(=O)OCCN2C(=O)C=CC2=O)C1. The second-order valence-electron chi connectivity index (χ2n) is 10.8. The van der Waals surface area contributed by atoms with E-state index in [-0.39, 0.29) is 43.1 Å². The van der Waals surface area contributed by atoms with E-state index in [0.717, 1.165) is 29.1 Å². The van der Waals surface area contributed by atoms with Crippen molar-refractivity contribution in [2.24, 2.45) is 16.7 Å². The average molecular weight is 519 g/mol. The predicted molar refractivity (Wildman–Crippen MR) is 130 cm³/mol. The molecule has 12 nitrogen and oxygen atoms in total. The zero-order valence-electron chi connectivity index (χ0n) is 21.4. The summed E-state index contributed by atoms with van der Waals surface area (Å²) in [6, 6.07) is 0. The van der Waals surface area contributed by atoms with Crippen molar-refractivity contribution in [3.8, 4) is 0 Å². The minimum absolute atomic E-state index is 0.00405. The Morgan fingerprint density at radius 3 is 1.76 bits per heavy atom. The maximum absolute atomic E-state index is 12.2. The quantitative estimate of drug-likeness (QED) is 0.408. The molecule has 1 aliphatic carbocycles. The molecule has 1 saturated carbocycles. The van der Waals surface area contributed by atoms with E-state index < -0.39 is 35.8 Å². The average Bonchev–Trinajstić information content (AvgIpc) is 3.30. The molecule has 0 aromatic carbocycles. The lowest BCUT2D eigenvalue weighted by molar-refractivity contribution is -0.138. The Morgan fingerprint density at radius 1 is 0.811 bits per heavy atom. The van der Waals surface area contributed by atoms with Gasteiger partial charge in [-0.1, -0.05) is 20.8 Å². The number of alkyl carbamates (subject to hydrolysis) is 2. The topological polar surface area (TPSA) is 151 Å². The van der Waals surface area contributed by atoms with Crippen molar-refractivity contribution in [2.45, 2.75) is 40.0 Å².